The Kier molecular flexibility index (Phi) is 6.84. The molecule has 1 amide bonds. The van der Waals surface area contributed by atoms with Crippen LogP contribution in [0, 0.1) is 0 Å². The molecule has 9 heteroatoms. The summed E-state index contributed by atoms with van der Waals surface area (Å²) in [5, 5.41) is 11.2. The second-order valence-electron chi connectivity index (χ2n) is 7.01. The van der Waals surface area contributed by atoms with E-state index in [1.165, 1.54) is 4.31 Å². The molecule has 0 fully saturated rings. The Labute approximate surface area is 177 Å². The molecular weight excluding hydrogens is 402 g/mol. The smallest absolute Gasteiger partial charge is 0.243 e. The standard InChI is InChI=1S/C21H27N5O3S/c1-4-25(5-2)30(28,29)18-12-9-17(10-13-18)11-14-20(27)22-16(3)21-24-23-19-8-6-7-15-26(19)21/h6-10,12-13,15-16H,4-5,11,14H2,1-3H3,(H,22,27). The molecule has 1 aromatic carbocycles. The lowest BCUT2D eigenvalue weighted by atomic mass is 10.1. The molecule has 30 heavy (non-hydrogen) atoms. The normalized spacial score (nSPS) is 12.9. The van der Waals surface area contributed by atoms with Crippen molar-refractivity contribution >= 4 is 21.6 Å². The Bertz CT molecular complexity index is 1110. The molecule has 8 nitrogen and oxygen atoms in total. The number of nitrogens with zero attached hydrogens (tertiary/aromatic N) is 4. The first-order valence-electron chi connectivity index (χ1n) is 10.0. The number of hydrogen-bond donors (Lipinski definition) is 1. The molecule has 0 aliphatic rings. The quantitative estimate of drug-likeness (QED) is 0.564. The second-order valence-corrected chi connectivity index (χ2v) is 8.95. The summed E-state index contributed by atoms with van der Waals surface area (Å²) < 4.78 is 28.4. The van der Waals surface area contributed by atoms with Gasteiger partial charge in [0.2, 0.25) is 15.9 Å². The number of amides is 1. The predicted molar refractivity (Wildman–Crippen MR) is 114 cm³/mol. The van der Waals surface area contributed by atoms with Crippen LogP contribution in [0.1, 0.15) is 44.6 Å². The van der Waals surface area contributed by atoms with Gasteiger partial charge < -0.3 is 5.32 Å². The van der Waals surface area contributed by atoms with Gasteiger partial charge in [-0.25, -0.2) is 8.42 Å². The summed E-state index contributed by atoms with van der Waals surface area (Å²) in [5.41, 5.74) is 1.64. The minimum absolute atomic E-state index is 0.102. The number of carbonyl (C=O) groups is 1. The fraction of sp³-hybridized carbons (Fsp3) is 0.381. The third-order valence-electron chi connectivity index (χ3n) is 5.01. The number of benzene rings is 1. The Morgan fingerprint density at radius 3 is 2.47 bits per heavy atom. The number of sulfonamides is 1. The van der Waals surface area contributed by atoms with E-state index >= 15 is 0 Å². The van der Waals surface area contributed by atoms with Crippen LogP contribution in [0.4, 0.5) is 0 Å². The van der Waals surface area contributed by atoms with Gasteiger partial charge in [0.1, 0.15) is 0 Å². The minimum atomic E-state index is -3.47. The van der Waals surface area contributed by atoms with Crippen LogP contribution >= 0.6 is 0 Å². The van der Waals surface area contributed by atoms with E-state index in [-0.39, 0.29) is 16.8 Å². The van der Waals surface area contributed by atoms with Gasteiger partial charge in [-0.1, -0.05) is 32.0 Å². The lowest BCUT2D eigenvalue weighted by Crippen LogP contribution is -2.30. The zero-order valence-electron chi connectivity index (χ0n) is 17.4. The molecule has 0 aliphatic carbocycles. The SMILES string of the molecule is CCN(CC)S(=O)(=O)c1ccc(CCC(=O)NC(C)c2nnc3ccccn23)cc1. The van der Waals surface area contributed by atoms with Gasteiger partial charge in [-0.15, -0.1) is 10.2 Å². The van der Waals surface area contributed by atoms with Crippen LogP contribution in [0.15, 0.2) is 53.6 Å². The summed E-state index contributed by atoms with van der Waals surface area (Å²) >= 11 is 0. The van der Waals surface area contributed by atoms with Crippen molar-refractivity contribution in [3.05, 3.63) is 60.0 Å². The molecule has 1 unspecified atom stereocenters. The Morgan fingerprint density at radius 1 is 1.10 bits per heavy atom. The van der Waals surface area contributed by atoms with Gasteiger partial charge in [0, 0.05) is 25.7 Å². The van der Waals surface area contributed by atoms with Crippen LogP contribution in [0.2, 0.25) is 0 Å². The molecule has 160 valence electrons. The van der Waals surface area contributed by atoms with Crippen LogP contribution in [0.3, 0.4) is 0 Å². The first-order chi connectivity index (χ1) is 14.4. The van der Waals surface area contributed by atoms with Gasteiger partial charge >= 0.3 is 0 Å². The van der Waals surface area contributed by atoms with E-state index in [1.807, 2.05) is 49.6 Å². The van der Waals surface area contributed by atoms with Gasteiger partial charge in [0.25, 0.3) is 0 Å². The molecule has 2 heterocycles. The van der Waals surface area contributed by atoms with E-state index in [4.69, 9.17) is 0 Å². The van der Waals surface area contributed by atoms with Gasteiger partial charge in [0.15, 0.2) is 11.5 Å². The predicted octanol–water partition coefficient (Wildman–Crippen LogP) is 2.57. The van der Waals surface area contributed by atoms with Crippen molar-refractivity contribution in [3.8, 4) is 0 Å². The number of nitrogens with one attached hydrogen (secondary N) is 1. The summed E-state index contributed by atoms with van der Waals surface area (Å²) in [6, 6.07) is 12.1. The molecule has 0 radical (unpaired) electrons. The maximum atomic E-state index is 12.5. The number of pyridine rings is 1. The zero-order valence-corrected chi connectivity index (χ0v) is 18.3. The molecule has 3 rings (SSSR count). The molecule has 3 aromatic rings. The lowest BCUT2D eigenvalue weighted by Gasteiger charge is -2.18. The zero-order chi connectivity index (χ0) is 21.7. The minimum Gasteiger partial charge on any atom is -0.346 e. The summed E-state index contributed by atoms with van der Waals surface area (Å²) in [4.78, 5) is 12.7. The number of aryl methyl sites for hydroxylation is 1. The highest BCUT2D eigenvalue weighted by Gasteiger charge is 2.21. The van der Waals surface area contributed by atoms with Crippen molar-refractivity contribution in [2.24, 2.45) is 0 Å². The maximum absolute atomic E-state index is 12.5. The average molecular weight is 430 g/mol. The largest absolute Gasteiger partial charge is 0.346 e. The highest BCUT2D eigenvalue weighted by Crippen LogP contribution is 2.17. The summed E-state index contributed by atoms with van der Waals surface area (Å²) in [5.74, 6) is 0.569. The Balaban J connectivity index is 1.58. The highest BCUT2D eigenvalue weighted by atomic mass is 32.2. The van der Waals surface area contributed by atoms with Crippen molar-refractivity contribution in [1.82, 2.24) is 24.2 Å². The molecule has 1 atom stereocenters. The molecule has 0 aliphatic heterocycles. The van der Waals surface area contributed by atoms with Gasteiger partial charge in [-0.2, -0.15) is 4.31 Å². The second kappa shape index (κ2) is 9.36. The van der Waals surface area contributed by atoms with Crippen LogP contribution in [0.5, 0.6) is 0 Å². The van der Waals surface area contributed by atoms with Crippen molar-refractivity contribution in [3.63, 3.8) is 0 Å². The van der Waals surface area contributed by atoms with Gasteiger partial charge in [0.05, 0.1) is 10.9 Å². The first-order valence-corrected chi connectivity index (χ1v) is 11.5. The summed E-state index contributed by atoms with van der Waals surface area (Å²) in [6.07, 6.45) is 2.68. The van der Waals surface area contributed by atoms with Crippen LogP contribution in [-0.2, 0) is 21.2 Å². The molecule has 1 N–H and O–H groups in total. The van der Waals surface area contributed by atoms with Crippen molar-refractivity contribution < 1.29 is 13.2 Å². The fourth-order valence-corrected chi connectivity index (χ4v) is 4.79. The van der Waals surface area contributed by atoms with Crippen molar-refractivity contribution in [1.29, 1.82) is 0 Å². The lowest BCUT2D eigenvalue weighted by molar-refractivity contribution is -0.121. The van der Waals surface area contributed by atoms with E-state index < -0.39 is 10.0 Å². The molecule has 0 bridgehead atoms. The first kappa shape index (κ1) is 21.9. The van der Waals surface area contributed by atoms with E-state index in [9.17, 15) is 13.2 Å². The number of hydrogen-bond acceptors (Lipinski definition) is 5. The highest BCUT2D eigenvalue weighted by molar-refractivity contribution is 7.89. The average Bonchev–Trinajstić information content (AvgIpc) is 3.17. The van der Waals surface area contributed by atoms with Crippen LogP contribution < -0.4 is 5.32 Å². The number of rotatable bonds is 9. The fourth-order valence-electron chi connectivity index (χ4n) is 3.33. The number of aromatic nitrogens is 3. The molecule has 2 aromatic heterocycles. The third kappa shape index (κ3) is 4.68. The summed E-state index contributed by atoms with van der Waals surface area (Å²) in [6.45, 7) is 6.36. The van der Waals surface area contributed by atoms with Crippen molar-refractivity contribution in [2.45, 2.75) is 44.6 Å². The molecular formula is C21H27N5O3S. The Morgan fingerprint density at radius 2 is 1.80 bits per heavy atom. The van der Waals surface area contributed by atoms with E-state index in [1.54, 1.807) is 24.3 Å². The van der Waals surface area contributed by atoms with E-state index in [0.717, 1.165) is 11.2 Å². The number of carbonyl (C=O) groups excluding carboxylic acids is 1. The monoisotopic (exact) mass is 429 g/mol. The Hall–Kier alpha value is -2.78. The number of fused-ring (bicyclic) bond motifs is 1. The molecule has 0 spiro atoms. The molecule has 0 saturated carbocycles. The topological polar surface area (TPSA) is 96.7 Å². The van der Waals surface area contributed by atoms with E-state index in [0.29, 0.717) is 31.8 Å². The van der Waals surface area contributed by atoms with Gasteiger partial charge in [-0.05, 0) is 43.2 Å². The van der Waals surface area contributed by atoms with Crippen LogP contribution in [-0.4, -0.2) is 46.3 Å². The van der Waals surface area contributed by atoms with E-state index in [2.05, 4.69) is 15.5 Å². The van der Waals surface area contributed by atoms with Crippen LogP contribution in [0.25, 0.3) is 5.65 Å². The third-order valence-corrected chi connectivity index (χ3v) is 7.08. The molecule has 0 saturated heterocycles. The maximum Gasteiger partial charge on any atom is 0.243 e. The van der Waals surface area contributed by atoms with Crippen molar-refractivity contribution in [2.75, 3.05) is 13.1 Å². The summed E-state index contributed by atoms with van der Waals surface area (Å²) in [7, 11) is -3.47. The van der Waals surface area contributed by atoms with Gasteiger partial charge in [-0.3, -0.25) is 9.20 Å².